The van der Waals surface area contributed by atoms with Crippen LogP contribution >= 0.6 is 0 Å². The molecule has 0 aromatic carbocycles. The summed E-state index contributed by atoms with van der Waals surface area (Å²) in [7, 11) is 0. The van der Waals surface area contributed by atoms with E-state index in [-0.39, 0.29) is 11.9 Å². The second-order valence-corrected chi connectivity index (χ2v) is 4.14. The normalized spacial score (nSPS) is 13.5. The van der Waals surface area contributed by atoms with Crippen LogP contribution in [-0.2, 0) is 4.79 Å². The quantitative estimate of drug-likeness (QED) is 0.773. The van der Waals surface area contributed by atoms with Crippen molar-refractivity contribution in [1.29, 1.82) is 0 Å². The van der Waals surface area contributed by atoms with Crippen LogP contribution in [0.2, 0.25) is 0 Å². The monoisotopic (exact) mass is 207 g/mol. The summed E-state index contributed by atoms with van der Waals surface area (Å²) in [6, 6.07) is 3.87. The average Bonchev–Trinajstić information content (AvgIpc) is 2.18. The van der Waals surface area contributed by atoms with E-state index < -0.39 is 5.54 Å². The molecule has 0 aliphatic carbocycles. The molecule has 0 radical (unpaired) electrons. The summed E-state index contributed by atoms with van der Waals surface area (Å²) in [5, 5.41) is 3.16. The molecule has 1 heterocycles. The Morgan fingerprint density at radius 1 is 1.60 bits per heavy atom. The highest BCUT2D eigenvalue weighted by molar-refractivity contribution is 5.83. The Kier molecular flexibility index (Phi) is 3.42. The van der Waals surface area contributed by atoms with Crippen LogP contribution in [0.4, 0.5) is 0 Å². The van der Waals surface area contributed by atoms with Crippen molar-refractivity contribution in [3.05, 3.63) is 30.1 Å². The smallest absolute Gasteiger partial charge is 0.237 e. The minimum Gasteiger partial charge on any atom is -0.368 e. The Bertz CT molecular complexity index is 335. The molecule has 0 spiro atoms. The summed E-state index contributed by atoms with van der Waals surface area (Å²) in [5.41, 5.74) is 5.60. The van der Waals surface area contributed by atoms with E-state index in [4.69, 9.17) is 5.73 Å². The molecule has 0 aliphatic rings. The molecule has 0 fully saturated rings. The Morgan fingerprint density at radius 2 is 2.27 bits per heavy atom. The van der Waals surface area contributed by atoms with E-state index in [0.717, 1.165) is 5.56 Å². The molecule has 1 rings (SSSR count). The second kappa shape index (κ2) is 4.40. The van der Waals surface area contributed by atoms with Crippen molar-refractivity contribution in [2.24, 2.45) is 5.73 Å². The first kappa shape index (κ1) is 11.7. The van der Waals surface area contributed by atoms with Crippen LogP contribution in [0.3, 0.4) is 0 Å². The molecule has 1 aromatic rings. The van der Waals surface area contributed by atoms with Gasteiger partial charge in [-0.25, -0.2) is 0 Å². The molecule has 4 heteroatoms. The summed E-state index contributed by atoms with van der Waals surface area (Å²) in [6.07, 6.45) is 3.49. The number of carbonyl (C=O) groups is 1. The number of rotatable bonds is 4. The average molecular weight is 207 g/mol. The van der Waals surface area contributed by atoms with E-state index in [1.165, 1.54) is 0 Å². The van der Waals surface area contributed by atoms with Gasteiger partial charge in [0.25, 0.3) is 0 Å². The Labute approximate surface area is 89.9 Å². The van der Waals surface area contributed by atoms with E-state index in [0.29, 0.717) is 0 Å². The van der Waals surface area contributed by atoms with Gasteiger partial charge in [0.15, 0.2) is 0 Å². The molecule has 4 nitrogen and oxygen atoms in total. The van der Waals surface area contributed by atoms with Gasteiger partial charge < -0.3 is 5.73 Å². The van der Waals surface area contributed by atoms with E-state index in [9.17, 15) is 4.79 Å². The number of amides is 1. The molecule has 0 saturated carbocycles. The number of nitrogens with zero attached hydrogens (tertiary/aromatic N) is 1. The molecule has 0 saturated heterocycles. The van der Waals surface area contributed by atoms with Crippen molar-refractivity contribution < 1.29 is 4.79 Å². The number of hydrogen-bond acceptors (Lipinski definition) is 3. The maximum absolute atomic E-state index is 11.1. The van der Waals surface area contributed by atoms with E-state index in [1.54, 1.807) is 26.2 Å². The molecule has 1 unspecified atom stereocenters. The van der Waals surface area contributed by atoms with E-state index in [2.05, 4.69) is 10.3 Å². The van der Waals surface area contributed by atoms with Gasteiger partial charge in [0.1, 0.15) is 0 Å². The molecule has 0 aliphatic heterocycles. The zero-order chi connectivity index (χ0) is 11.5. The van der Waals surface area contributed by atoms with Gasteiger partial charge in [-0.2, -0.15) is 0 Å². The third-order valence-corrected chi connectivity index (χ3v) is 2.38. The molecular weight excluding hydrogens is 190 g/mol. The van der Waals surface area contributed by atoms with E-state index in [1.807, 2.05) is 19.1 Å². The Morgan fingerprint density at radius 3 is 2.73 bits per heavy atom. The minimum atomic E-state index is -0.713. The third-order valence-electron chi connectivity index (χ3n) is 2.38. The van der Waals surface area contributed by atoms with Gasteiger partial charge in [0.2, 0.25) is 5.91 Å². The lowest BCUT2D eigenvalue weighted by Gasteiger charge is -2.27. The van der Waals surface area contributed by atoms with Gasteiger partial charge in [0.05, 0.1) is 5.54 Å². The highest BCUT2D eigenvalue weighted by atomic mass is 16.1. The maximum Gasteiger partial charge on any atom is 0.237 e. The van der Waals surface area contributed by atoms with Gasteiger partial charge >= 0.3 is 0 Å². The second-order valence-electron chi connectivity index (χ2n) is 4.14. The van der Waals surface area contributed by atoms with Crippen molar-refractivity contribution >= 4 is 5.91 Å². The molecule has 82 valence electrons. The van der Waals surface area contributed by atoms with Gasteiger partial charge in [-0.1, -0.05) is 6.07 Å². The number of pyridine rings is 1. The van der Waals surface area contributed by atoms with Crippen LogP contribution < -0.4 is 11.1 Å². The number of hydrogen-bond donors (Lipinski definition) is 2. The van der Waals surface area contributed by atoms with Crippen LogP contribution in [0.1, 0.15) is 32.4 Å². The fourth-order valence-corrected chi connectivity index (χ4v) is 1.33. The van der Waals surface area contributed by atoms with Gasteiger partial charge in [0, 0.05) is 18.4 Å². The summed E-state index contributed by atoms with van der Waals surface area (Å²) in [6.45, 7) is 5.51. The highest BCUT2D eigenvalue weighted by Gasteiger charge is 2.26. The topological polar surface area (TPSA) is 68.0 Å². The van der Waals surface area contributed by atoms with Crippen molar-refractivity contribution in [1.82, 2.24) is 10.3 Å². The highest BCUT2D eigenvalue weighted by Crippen LogP contribution is 2.14. The van der Waals surface area contributed by atoms with Crippen molar-refractivity contribution in [2.75, 3.05) is 0 Å². The number of aromatic nitrogens is 1. The van der Waals surface area contributed by atoms with Crippen molar-refractivity contribution in [3.63, 3.8) is 0 Å². The van der Waals surface area contributed by atoms with Gasteiger partial charge in [-0.15, -0.1) is 0 Å². The first-order valence-electron chi connectivity index (χ1n) is 4.91. The largest absolute Gasteiger partial charge is 0.368 e. The zero-order valence-corrected chi connectivity index (χ0v) is 9.32. The van der Waals surface area contributed by atoms with Gasteiger partial charge in [-0.3, -0.25) is 15.1 Å². The third kappa shape index (κ3) is 3.02. The molecule has 1 aromatic heterocycles. The predicted octanol–water partition coefficient (Wildman–Crippen LogP) is 0.996. The van der Waals surface area contributed by atoms with Crippen LogP contribution in [0.25, 0.3) is 0 Å². The molecule has 3 N–H and O–H groups in total. The SMILES string of the molecule is CC(NC(C)(C)C(N)=O)c1cccnc1. The minimum absolute atomic E-state index is 0.0428. The maximum atomic E-state index is 11.1. The zero-order valence-electron chi connectivity index (χ0n) is 9.32. The Balaban J connectivity index is 2.72. The molecule has 1 atom stereocenters. The molecule has 1 amide bonds. The van der Waals surface area contributed by atoms with Crippen LogP contribution in [-0.4, -0.2) is 16.4 Å². The molecule has 15 heavy (non-hydrogen) atoms. The summed E-state index contributed by atoms with van der Waals surface area (Å²) in [4.78, 5) is 15.2. The predicted molar refractivity (Wildman–Crippen MR) is 59.1 cm³/mol. The number of nitrogens with one attached hydrogen (secondary N) is 1. The van der Waals surface area contributed by atoms with Gasteiger partial charge in [-0.05, 0) is 32.4 Å². The van der Waals surface area contributed by atoms with Crippen LogP contribution in [0.15, 0.2) is 24.5 Å². The lowest BCUT2D eigenvalue weighted by Crippen LogP contribution is -2.51. The lowest BCUT2D eigenvalue weighted by atomic mass is 10.0. The number of primary amides is 1. The first-order chi connectivity index (χ1) is 6.93. The number of nitrogens with two attached hydrogens (primary N) is 1. The summed E-state index contributed by atoms with van der Waals surface area (Å²) in [5.74, 6) is -0.363. The van der Waals surface area contributed by atoms with Crippen molar-refractivity contribution in [3.8, 4) is 0 Å². The molecular formula is C11H17N3O. The van der Waals surface area contributed by atoms with E-state index >= 15 is 0 Å². The van der Waals surface area contributed by atoms with Crippen LogP contribution in [0, 0.1) is 0 Å². The number of carbonyl (C=O) groups excluding carboxylic acids is 1. The van der Waals surface area contributed by atoms with Crippen LogP contribution in [0.5, 0.6) is 0 Å². The Hall–Kier alpha value is -1.42. The van der Waals surface area contributed by atoms with Crippen molar-refractivity contribution in [2.45, 2.75) is 32.4 Å². The fourth-order valence-electron chi connectivity index (χ4n) is 1.33. The summed E-state index contributed by atoms with van der Waals surface area (Å²) < 4.78 is 0. The fraction of sp³-hybridized carbons (Fsp3) is 0.455. The standard InChI is InChI=1S/C11H17N3O/c1-8(9-5-4-6-13-7-9)14-11(2,3)10(12)15/h4-8,14H,1-3H3,(H2,12,15). The lowest BCUT2D eigenvalue weighted by molar-refractivity contribution is -0.123. The summed E-state index contributed by atoms with van der Waals surface area (Å²) >= 11 is 0. The molecule has 0 bridgehead atoms. The first-order valence-corrected chi connectivity index (χ1v) is 4.91.